The smallest absolute Gasteiger partial charge is 0.306 e. The molecule has 0 aliphatic heterocycles. The Hall–Kier alpha value is -1.72. The highest BCUT2D eigenvalue weighted by molar-refractivity contribution is 6.06. The third kappa shape index (κ3) is 16.3. The van der Waals surface area contributed by atoms with Crippen LogP contribution in [0.1, 0.15) is 207 Å². The highest BCUT2D eigenvalue weighted by Gasteiger charge is 2.74. The number of hydrogen-bond acceptors (Lipinski definition) is 10. The minimum atomic E-state index is -3.62. The first-order chi connectivity index (χ1) is 24.9. The summed E-state index contributed by atoms with van der Waals surface area (Å²) >= 11 is 0. The van der Waals surface area contributed by atoms with Gasteiger partial charge < -0.3 is 30.3 Å². The van der Waals surface area contributed by atoms with E-state index in [0.29, 0.717) is 25.7 Å². The largest absolute Gasteiger partial charge is 0.456 e. The van der Waals surface area contributed by atoms with Crippen LogP contribution in [0.4, 0.5) is 0 Å². The fraction of sp³-hybridized carbons (Fsp3) is 0.905. The van der Waals surface area contributed by atoms with E-state index in [2.05, 4.69) is 27.7 Å². The van der Waals surface area contributed by atoms with E-state index in [9.17, 15) is 44.7 Å². The van der Waals surface area contributed by atoms with Crippen LogP contribution >= 0.6 is 0 Å². The van der Waals surface area contributed by atoms with Crippen molar-refractivity contribution in [1.29, 1.82) is 0 Å². The third-order valence-corrected chi connectivity index (χ3v) is 10.6. The van der Waals surface area contributed by atoms with E-state index in [1.165, 1.54) is 0 Å². The van der Waals surface area contributed by atoms with Crippen LogP contribution in [0.2, 0.25) is 0 Å². The van der Waals surface area contributed by atoms with Crippen LogP contribution in [0.25, 0.3) is 0 Å². The zero-order valence-electron chi connectivity index (χ0n) is 33.6. The van der Waals surface area contributed by atoms with Crippen LogP contribution in [0.15, 0.2) is 0 Å². The lowest BCUT2D eigenvalue weighted by atomic mass is 9.61. The van der Waals surface area contributed by atoms with Gasteiger partial charge in [0.15, 0.2) is 29.1 Å². The van der Waals surface area contributed by atoms with E-state index >= 15 is 0 Å². The molecule has 0 aliphatic rings. The average Bonchev–Trinajstić information content (AvgIpc) is 3.14. The van der Waals surface area contributed by atoms with Gasteiger partial charge in [-0.2, -0.15) is 0 Å². The number of esters is 1. The summed E-state index contributed by atoms with van der Waals surface area (Å²) in [6.07, 6.45) is 15.7. The number of rotatable bonds is 37. The first-order valence-electron chi connectivity index (χ1n) is 21.1. The molecule has 0 unspecified atom stereocenters. The molecule has 0 aromatic carbocycles. The maximum Gasteiger partial charge on any atom is 0.306 e. The van der Waals surface area contributed by atoms with Gasteiger partial charge in [-0.25, -0.2) is 0 Å². The summed E-state index contributed by atoms with van der Waals surface area (Å²) in [5.41, 5.74) is -10.4. The lowest BCUT2D eigenvalue weighted by Crippen LogP contribution is -2.81. The molecule has 0 saturated heterocycles. The summed E-state index contributed by atoms with van der Waals surface area (Å²) in [6, 6.07) is 0. The Bertz CT molecular complexity index is 970. The van der Waals surface area contributed by atoms with E-state index in [-0.39, 0.29) is 38.5 Å². The van der Waals surface area contributed by atoms with Crippen molar-refractivity contribution >= 4 is 23.3 Å². The van der Waals surface area contributed by atoms with E-state index in [1.807, 2.05) is 0 Å². The van der Waals surface area contributed by atoms with Gasteiger partial charge in [0.25, 0.3) is 0 Å². The van der Waals surface area contributed by atoms with Crippen LogP contribution in [-0.4, -0.2) is 85.0 Å². The highest BCUT2D eigenvalue weighted by atomic mass is 16.6. The quantitative estimate of drug-likeness (QED) is 0.0312. The molecule has 0 aromatic rings. The van der Waals surface area contributed by atoms with E-state index < -0.39 is 65.9 Å². The monoisotopic (exact) mass is 743 g/mol. The number of Topliss-reactive ketones (excluding diaryl/α,β-unsaturated/α-hetero) is 3. The van der Waals surface area contributed by atoms with E-state index in [0.717, 1.165) is 109 Å². The molecule has 0 aromatic heterocycles. The fourth-order valence-corrected chi connectivity index (χ4v) is 7.07. The average molecular weight is 743 g/mol. The highest BCUT2D eigenvalue weighted by Crippen LogP contribution is 2.42. The van der Waals surface area contributed by atoms with Crippen molar-refractivity contribution in [2.75, 3.05) is 13.2 Å². The Labute approximate surface area is 315 Å². The molecule has 0 amide bonds. The molecule has 0 aliphatic carbocycles. The lowest BCUT2D eigenvalue weighted by molar-refractivity contribution is -0.261. The van der Waals surface area contributed by atoms with Gasteiger partial charge >= 0.3 is 5.97 Å². The van der Waals surface area contributed by atoms with Crippen molar-refractivity contribution < 1.29 is 49.4 Å². The SMILES string of the molecule is CCCCCCCCC(=O)O[C@H](CO)[C@](O)(C(=O)CCCCCCCC)[C@@](O)(C(=O)CCCCCCCC)[C@@](O)(CO)C(=O)CCCCCCCC. The Morgan fingerprint density at radius 2 is 0.788 bits per heavy atom. The molecule has 10 heteroatoms. The lowest BCUT2D eigenvalue weighted by Gasteiger charge is -2.51. The number of unbranched alkanes of at least 4 members (excludes halogenated alkanes) is 20. The number of carbonyl (C=O) groups is 4. The van der Waals surface area contributed by atoms with Gasteiger partial charge in [0, 0.05) is 25.7 Å². The number of aliphatic hydroxyl groups is 5. The molecule has 5 N–H and O–H groups in total. The van der Waals surface area contributed by atoms with Crippen LogP contribution in [-0.2, 0) is 23.9 Å². The summed E-state index contributed by atoms with van der Waals surface area (Å²) in [4.78, 5) is 55.6. The van der Waals surface area contributed by atoms with Crippen molar-refractivity contribution in [2.45, 2.75) is 230 Å². The maximum atomic E-state index is 14.3. The molecule has 0 spiro atoms. The number of hydrogen-bond donors (Lipinski definition) is 5. The summed E-state index contributed by atoms with van der Waals surface area (Å²) in [5, 5.41) is 58.5. The summed E-state index contributed by atoms with van der Waals surface area (Å²) in [7, 11) is 0. The predicted molar refractivity (Wildman–Crippen MR) is 206 cm³/mol. The topological polar surface area (TPSA) is 179 Å². The van der Waals surface area contributed by atoms with Crippen LogP contribution in [0, 0.1) is 0 Å². The molecule has 0 heterocycles. The van der Waals surface area contributed by atoms with Gasteiger partial charge in [-0.05, 0) is 25.7 Å². The van der Waals surface area contributed by atoms with Crippen LogP contribution in [0.5, 0.6) is 0 Å². The molecule has 52 heavy (non-hydrogen) atoms. The van der Waals surface area contributed by atoms with Gasteiger partial charge in [0.05, 0.1) is 13.2 Å². The minimum Gasteiger partial charge on any atom is -0.456 e. The Morgan fingerprint density at radius 1 is 0.462 bits per heavy atom. The van der Waals surface area contributed by atoms with Crippen molar-refractivity contribution in [2.24, 2.45) is 0 Å². The number of ketones is 3. The maximum absolute atomic E-state index is 14.3. The second kappa shape index (κ2) is 29.6. The molecule has 4 atom stereocenters. The predicted octanol–water partition coefficient (Wildman–Crippen LogP) is 7.79. The zero-order chi connectivity index (χ0) is 39.3. The first kappa shape index (κ1) is 50.3. The third-order valence-electron chi connectivity index (χ3n) is 10.6. The van der Waals surface area contributed by atoms with Crippen molar-refractivity contribution in [1.82, 2.24) is 0 Å². The van der Waals surface area contributed by atoms with Crippen molar-refractivity contribution in [3.8, 4) is 0 Å². The van der Waals surface area contributed by atoms with Crippen LogP contribution < -0.4 is 0 Å². The molecule has 0 fully saturated rings. The fourth-order valence-electron chi connectivity index (χ4n) is 7.07. The second-order valence-corrected chi connectivity index (χ2v) is 15.0. The number of ether oxygens (including phenoxy) is 1. The van der Waals surface area contributed by atoms with Gasteiger partial charge in [-0.3, -0.25) is 19.2 Å². The summed E-state index contributed by atoms with van der Waals surface area (Å²) in [5.74, 6) is -4.34. The molecule has 306 valence electrons. The Morgan fingerprint density at radius 3 is 1.15 bits per heavy atom. The molecule has 0 bridgehead atoms. The molecule has 10 nitrogen and oxygen atoms in total. The molecule has 0 rings (SSSR count). The molecular formula is C42H78O10. The van der Waals surface area contributed by atoms with Crippen molar-refractivity contribution in [3.63, 3.8) is 0 Å². The summed E-state index contributed by atoms with van der Waals surface area (Å²) < 4.78 is 5.52. The first-order valence-corrected chi connectivity index (χ1v) is 21.1. The van der Waals surface area contributed by atoms with Gasteiger partial charge in [-0.1, -0.05) is 156 Å². The Balaban J connectivity index is 6.84. The van der Waals surface area contributed by atoms with Gasteiger partial charge in [0.2, 0.25) is 11.2 Å². The van der Waals surface area contributed by atoms with Crippen molar-refractivity contribution in [3.05, 3.63) is 0 Å². The van der Waals surface area contributed by atoms with Gasteiger partial charge in [-0.15, -0.1) is 0 Å². The van der Waals surface area contributed by atoms with Crippen LogP contribution in [0.3, 0.4) is 0 Å². The molecule has 0 saturated carbocycles. The zero-order valence-corrected chi connectivity index (χ0v) is 33.6. The van der Waals surface area contributed by atoms with E-state index in [4.69, 9.17) is 4.74 Å². The normalized spacial score (nSPS) is 15.7. The standard InChI is InChI=1S/C42H78O10/c1-5-9-13-17-21-25-29-35(45)40(49,34-44)42(51,37(47)31-27-23-19-15-11-7-3)41(50,36(46)30-26-22-18-14-10-6-2)38(33-43)52-39(48)32-28-24-20-16-12-8-4/h38,43-44,49-51H,5-34H2,1-4H3/t38-,40-,41-,42-/m1/s1. The number of aliphatic hydroxyl groups excluding tert-OH is 2. The van der Waals surface area contributed by atoms with E-state index in [1.54, 1.807) is 0 Å². The molecular weight excluding hydrogens is 664 g/mol. The number of carbonyl (C=O) groups excluding carboxylic acids is 4. The Kier molecular flexibility index (Phi) is 28.6. The summed E-state index contributed by atoms with van der Waals surface area (Å²) in [6.45, 7) is 5.67. The molecule has 0 radical (unpaired) electrons. The second-order valence-electron chi connectivity index (χ2n) is 15.0. The minimum absolute atomic E-state index is 0.101. The van der Waals surface area contributed by atoms with Gasteiger partial charge in [0.1, 0.15) is 0 Å².